The van der Waals surface area contributed by atoms with Crippen LogP contribution in [0.3, 0.4) is 0 Å². The summed E-state index contributed by atoms with van der Waals surface area (Å²) < 4.78 is 11.6. The van der Waals surface area contributed by atoms with Gasteiger partial charge in [-0.1, -0.05) is 38.1 Å². The monoisotopic (exact) mass is 298 g/mol. The Morgan fingerprint density at radius 1 is 0.864 bits per heavy atom. The molecule has 3 nitrogen and oxygen atoms in total. The van der Waals surface area contributed by atoms with Gasteiger partial charge in [0.05, 0.1) is 7.11 Å². The van der Waals surface area contributed by atoms with Crippen LogP contribution in [0.2, 0.25) is 0 Å². The Morgan fingerprint density at radius 2 is 1.32 bits per heavy atom. The van der Waals surface area contributed by atoms with Gasteiger partial charge in [-0.3, -0.25) is 0 Å². The van der Waals surface area contributed by atoms with E-state index in [4.69, 9.17) is 9.47 Å². The van der Waals surface area contributed by atoms with Gasteiger partial charge in [0.25, 0.3) is 0 Å². The third kappa shape index (κ3) is 2.00. The van der Waals surface area contributed by atoms with Crippen molar-refractivity contribution < 1.29 is 14.6 Å². The topological polar surface area (TPSA) is 42.0 Å². The van der Waals surface area contributed by atoms with Crippen molar-refractivity contribution in [3.8, 4) is 11.5 Å². The molecule has 1 heterocycles. The number of epoxide rings is 1. The van der Waals surface area contributed by atoms with Crippen LogP contribution in [0.4, 0.5) is 0 Å². The zero-order valence-corrected chi connectivity index (χ0v) is 13.3. The Hall–Kier alpha value is -2.00. The number of methoxy groups -OCH3 is 1. The third-order valence-electron chi connectivity index (χ3n) is 4.84. The molecule has 1 saturated heterocycles. The molecule has 2 aromatic carbocycles. The quantitative estimate of drug-likeness (QED) is 0.835. The van der Waals surface area contributed by atoms with E-state index in [9.17, 15) is 5.11 Å². The van der Waals surface area contributed by atoms with E-state index in [0.717, 1.165) is 24.2 Å². The fourth-order valence-electron chi connectivity index (χ4n) is 3.57. The lowest BCUT2D eigenvalue weighted by Gasteiger charge is -2.19. The number of aromatic hydroxyl groups is 1. The SMILES string of the molecule is CC[C@]1(c2ccc(O)cc2)O[C@]1(CC)c1ccc(OC)cc1. The number of phenolic OH excluding ortho intramolecular Hbond substituents is 1. The summed E-state index contributed by atoms with van der Waals surface area (Å²) in [5.74, 6) is 1.13. The van der Waals surface area contributed by atoms with Gasteiger partial charge in [0, 0.05) is 0 Å². The lowest BCUT2D eigenvalue weighted by Crippen LogP contribution is -2.21. The number of phenols is 1. The first-order valence-electron chi connectivity index (χ1n) is 7.76. The Morgan fingerprint density at radius 3 is 1.73 bits per heavy atom. The molecule has 1 aliphatic rings. The maximum absolute atomic E-state index is 9.52. The maximum atomic E-state index is 9.52. The van der Waals surface area contributed by atoms with E-state index in [1.165, 1.54) is 5.56 Å². The first-order valence-corrected chi connectivity index (χ1v) is 7.76. The summed E-state index contributed by atoms with van der Waals surface area (Å²) in [4.78, 5) is 0. The van der Waals surface area contributed by atoms with Crippen molar-refractivity contribution >= 4 is 0 Å². The molecular weight excluding hydrogens is 276 g/mol. The highest BCUT2D eigenvalue weighted by molar-refractivity contribution is 5.44. The Bertz CT molecular complexity index is 647. The molecule has 0 amide bonds. The highest BCUT2D eigenvalue weighted by atomic mass is 16.6. The standard InChI is InChI=1S/C19H22O3/c1-4-18(14-6-10-16(20)11-7-14)19(5-2,22-18)15-8-12-17(21-3)13-9-15/h6-13,20H,4-5H2,1-3H3/t18-,19-/m1/s1. The molecule has 0 bridgehead atoms. The number of hydrogen-bond donors (Lipinski definition) is 1. The minimum Gasteiger partial charge on any atom is -0.508 e. The smallest absolute Gasteiger partial charge is 0.127 e. The van der Waals surface area contributed by atoms with Crippen molar-refractivity contribution in [3.05, 3.63) is 59.7 Å². The molecule has 0 spiro atoms. The number of benzene rings is 2. The summed E-state index contributed by atoms with van der Waals surface area (Å²) >= 11 is 0. The lowest BCUT2D eigenvalue weighted by molar-refractivity contribution is 0.255. The lowest BCUT2D eigenvalue weighted by atomic mass is 9.78. The van der Waals surface area contributed by atoms with Crippen LogP contribution >= 0.6 is 0 Å². The van der Waals surface area contributed by atoms with Gasteiger partial charge in [0.2, 0.25) is 0 Å². The molecule has 0 saturated carbocycles. The van der Waals surface area contributed by atoms with E-state index in [2.05, 4.69) is 26.0 Å². The fourth-order valence-corrected chi connectivity index (χ4v) is 3.57. The average Bonchev–Trinajstić information content (AvgIpc) is 3.26. The molecule has 0 aromatic heterocycles. The molecule has 0 unspecified atom stereocenters. The molecule has 1 aliphatic heterocycles. The summed E-state index contributed by atoms with van der Waals surface area (Å²) in [6.45, 7) is 4.30. The zero-order valence-electron chi connectivity index (χ0n) is 13.3. The van der Waals surface area contributed by atoms with Crippen LogP contribution in [0.5, 0.6) is 11.5 Å². The second kappa shape index (κ2) is 5.33. The average molecular weight is 298 g/mol. The molecule has 3 rings (SSSR count). The van der Waals surface area contributed by atoms with Crippen LogP contribution in [-0.2, 0) is 15.9 Å². The molecule has 0 aliphatic carbocycles. The van der Waals surface area contributed by atoms with Crippen molar-refractivity contribution in [1.29, 1.82) is 0 Å². The second-order valence-corrected chi connectivity index (χ2v) is 5.74. The Balaban J connectivity index is 2.01. The minimum absolute atomic E-state index is 0.280. The van der Waals surface area contributed by atoms with E-state index >= 15 is 0 Å². The Labute approximate surface area is 131 Å². The molecule has 0 radical (unpaired) electrons. The van der Waals surface area contributed by atoms with Gasteiger partial charge in [-0.15, -0.1) is 0 Å². The van der Waals surface area contributed by atoms with Crippen LogP contribution in [-0.4, -0.2) is 12.2 Å². The predicted molar refractivity (Wildman–Crippen MR) is 86.1 cm³/mol. The Kier molecular flexibility index (Phi) is 3.61. The number of rotatable bonds is 5. The third-order valence-corrected chi connectivity index (χ3v) is 4.84. The van der Waals surface area contributed by atoms with Gasteiger partial charge in [-0.05, 0) is 48.2 Å². The van der Waals surface area contributed by atoms with Gasteiger partial charge in [-0.2, -0.15) is 0 Å². The summed E-state index contributed by atoms with van der Waals surface area (Å²) in [7, 11) is 1.67. The molecule has 3 heteroatoms. The molecule has 22 heavy (non-hydrogen) atoms. The van der Waals surface area contributed by atoms with Gasteiger partial charge < -0.3 is 14.6 Å². The van der Waals surface area contributed by atoms with Crippen LogP contribution in [0, 0.1) is 0 Å². The second-order valence-electron chi connectivity index (χ2n) is 5.74. The molecule has 2 aromatic rings. The zero-order chi connectivity index (χ0) is 15.8. The molecule has 1 N–H and O–H groups in total. The van der Waals surface area contributed by atoms with Gasteiger partial charge in [-0.25, -0.2) is 0 Å². The predicted octanol–water partition coefficient (Wildman–Crippen LogP) is 4.34. The summed E-state index contributed by atoms with van der Waals surface area (Å²) in [5, 5.41) is 9.52. The van der Waals surface area contributed by atoms with Crippen molar-refractivity contribution in [2.24, 2.45) is 0 Å². The van der Waals surface area contributed by atoms with E-state index < -0.39 is 0 Å². The van der Waals surface area contributed by atoms with Crippen molar-refractivity contribution in [2.75, 3.05) is 7.11 Å². The van der Waals surface area contributed by atoms with Crippen molar-refractivity contribution in [1.82, 2.24) is 0 Å². The normalized spacial score (nSPS) is 26.7. The van der Waals surface area contributed by atoms with Crippen molar-refractivity contribution in [2.45, 2.75) is 37.9 Å². The first-order chi connectivity index (χ1) is 10.6. The molecular formula is C19H22O3. The highest BCUT2D eigenvalue weighted by Crippen LogP contribution is 2.66. The van der Waals surface area contributed by atoms with Crippen LogP contribution in [0.1, 0.15) is 37.8 Å². The molecule has 2 atom stereocenters. The van der Waals surface area contributed by atoms with E-state index in [1.54, 1.807) is 19.2 Å². The van der Waals surface area contributed by atoms with E-state index in [1.807, 2.05) is 24.3 Å². The number of ether oxygens (including phenoxy) is 2. The van der Waals surface area contributed by atoms with Crippen LogP contribution < -0.4 is 4.74 Å². The van der Waals surface area contributed by atoms with Crippen LogP contribution in [0.15, 0.2) is 48.5 Å². The fraction of sp³-hybridized carbons (Fsp3) is 0.368. The first kappa shape index (κ1) is 14.9. The van der Waals surface area contributed by atoms with Crippen molar-refractivity contribution in [3.63, 3.8) is 0 Å². The minimum atomic E-state index is -0.315. The highest BCUT2D eigenvalue weighted by Gasteiger charge is 2.69. The summed E-state index contributed by atoms with van der Waals surface area (Å²) in [6.07, 6.45) is 1.78. The maximum Gasteiger partial charge on any atom is 0.127 e. The van der Waals surface area contributed by atoms with Crippen LogP contribution in [0.25, 0.3) is 0 Å². The van der Waals surface area contributed by atoms with Gasteiger partial charge in [0.1, 0.15) is 22.7 Å². The summed E-state index contributed by atoms with van der Waals surface area (Å²) in [5.41, 5.74) is 1.67. The molecule has 1 fully saturated rings. The van der Waals surface area contributed by atoms with Gasteiger partial charge >= 0.3 is 0 Å². The molecule has 116 valence electrons. The van der Waals surface area contributed by atoms with E-state index in [-0.39, 0.29) is 17.0 Å². The number of hydrogen-bond acceptors (Lipinski definition) is 3. The van der Waals surface area contributed by atoms with Gasteiger partial charge in [0.15, 0.2) is 0 Å². The van der Waals surface area contributed by atoms with E-state index in [0.29, 0.717) is 0 Å². The summed E-state index contributed by atoms with van der Waals surface area (Å²) in [6, 6.07) is 15.5. The largest absolute Gasteiger partial charge is 0.508 e.